The molecule has 0 radical (unpaired) electrons. The number of ether oxygens (including phenoxy) is 1. The fourth-order valence-corrected chi connectivity index (χ4v) is 3.22. The first-order chi connectivity index (χ1) is 11.5. The minimum atomic E-state index is -0.501. The highest BCUT2D eigenvalue weighted by atomic mass is 79.9. The molecular weight excluding hydrogens is 372 g/mol. The van der Waals surface area contributed by atoms with Crippen LogP contribution in [-0.2, 0) is 11.2 Å². The van der Waals surface area contributed by atoms with Gasteiger partial charge in [-0.2, -0.15) is 0 Å². The summed E-state index contributed by atoms with van der Waals surface area (Å²) in [6.07, 6.45) is 0.743. The molecular formula is C18H23BrN2O3. The molecule has 0 aliphatic carbocycles. The standard InChI is InChI=1S/C18H23BrN2O3/c1-4-12-9-13(19)10-14-17(12)16(22)11-15(20-14)18(23)24-8-7-21(5-2)6-3/h9-11H,4-8H2,1-3H3,(H,20,22). The molecule has 0 aliphatic heterocycles. The topological polar surface area (TPSA) is 62.4 Å². The lowest BCUT2D eigenvalue weighted by Crippen LogP contribution is -2.28. The van der Waals surface area contributed by atoms with Gasteiger partial charge in [-0.3, -0.25) is 4.79 Å². The Morgan fingerprint density at radius 1 is 1.21 bits per heavy atom. The lowest BCUT2D eigenvalue weighted by Gasteiger charge is -2.17. The van der Waals surface area contributed by atoms with Gasteiger partial charge in [0.2, 0.25) is 0 Å². The molecule has 0 saturated heterocycles. The van der Waals surface area contributed by atoms with E-state index in [1.54, 1.807) is 0 Å². The number of hydrogen-bond donors (Lipinski definition) is 1. The zero-order valence-electron chi connectivity index (χ0n) is 14.3. The molecule has 1 heterocycles. The van der Waals surface area contributed by atoms with E-state index in [2.05, 4.69) is 39.7 Å². The molecule has 0 saturated carbocycles. The Bertz CT molecular complexity index is 782. The normalized spacial score (nSPS) is 11.2. The lowest BCUT2D eigenvalue weighted by molar-refractivity contribution is 0.0460. The fourth-order valence-electron chi connectivity index (χ4n) is 2.71. The van der Waals surface area contributed by atoms with Crippen LogP contribution in [0.3, 0.4) is 0 Å². The maximum absolute atomic E-state index is 12.4. The number of halogens is 1. The van der Waals surface area contributed by atoms with Crippen molar-refractivity contribution in [3.63, 3.8) is 0 Å². The van der Waals surface area contributed by atoms with Crippen LogP contribution in [0.4, 0.5) is 0 Å². The van der Waals surface area contributed by atoms with Crippen molar-refractivity contribution < 1.29 is 9.53 Å². The van der Waals surface area contributed by atoms with E-state index in [4.69, 9.17) is 4.74 Å². The number of fused-ring (bicyclic) bond motifs is 1. The summed E-state index contributed by atoms with van der Waals surface area (Å²) in [6, 6.07) is 5.07. The van der Waals surface area contributed by atoms with Crippen LogP contribution in [-0.4, -0.2) is 42.1 Å². The number of nitrogens with zero attached hydrogens (tertiary/aromatic N) is 1. The molecule has 130 valence electrons. The number of rotatable bonds is 7. The van der Waals surface area contributed by atoms with Crippen molar-refractivity contribution in [3.05, 3.63) is 44.2 Å². The molecule has 1 aromatic heterocycles. The molecule has 0 bridgehead atoms. The van der Waals surface area contributed by atoms with E-state index in [1.165, 1.54) is 6.07 Å². The Labute approximate surface area is 150 Å². The first-order valence-corrected chi connectivity index (χ1v) is 9.04. The van der Waals surface area contributed by atoms with Crippen LogP contribution in [0.2, 0.25) is 0 Å². The second kappa shape index (κ2) is 8.44. The Morgan fingerprint density at radius 2 is 1.92 bits per heavy atom. The Morgan fingerprint density at radius 3 is 2.54 bits per heavy atom. The first kappa shape index (κ1) is 18.7. The van der Waals surface area contributed by atoms with Gasteiger partial charge in [0.05, 0.1) is 5.52 Å². The van der Waals surface area contributed by atoms with E-state index in [1.807, 2.05) is 19.1 Å². The number of pyridine rings is 1. The minimum absolute atomic E-state index is 0.163. The maximum atomic E-state index is 12.4. The van der Waals surface area contributed by atoms with E-state index >= 15 is 0 Å². The summed E-state index contributed by atoms with van der Waals surface area (Å²) in [5, 5.41) is 0.625. The summed E-state index contributed by atoms with van der Waals surface area (Å²) >= 11 is 3.44. The van der Waals surface area contributed by atoms with Crippen molar-refractivity contribution in [2.45, 2.75) is 27.2 Å². The highest BCUT2D eigenvalue weighted by Crippen LogP contribution is 2.21. The van der Waals surface area contributed by atoms with Gasteiger partial charge >= 0.3 is 5.97 Å². The lowest BCUT2D eigenvalue weighted by atomic mass is 10.1. The minimum Gasteiger partial charge on any atom is -0.460 e. The largest absolute Gasteiger partial charge is 0.460 e. The van der Waals surface area contributed by atoms with Crippen molar-refractivity contribution in [1.29, 1.82) is 0 Å². The van der Waals surface area contributed by atoms with Gasteiger partial charge in [-0.15, -0.1) is 0 Å². The summed E-state index contributed by atoms with van der Waals surface area (Å²) < 4.78 is 6.16. The molecule has 2 aromatic rings. The molecule has 5 nitrogen and oxygen atoms in total. The van der Waals surface area contributed by atoms with Gasteiger partial charge in [-0.25, -0.2) is 4.79 Å². The number of benzene rings is 1. The van der Waals surface area contributed by atoms with Gasteiger partial charge in [-0.05, 0) is 37.2 Å². The molecule has 0 atom stereocenters. The zero-order valence-corrected chi connectivity index (χ0v) is 15.9. The van der Waals surface area contributed by atoms with Crippen molar-refractivity contribution in [3.8, 4) is 0 Å². The predicted molar refractivity (Wildman–Crippen MR) is 99.7 cm³/mol. The van der Waals surface area contributed by atoms with E-state index < -0.39 is 5.97 Å². The molecule has 1 N–H and O–H groups in total. The average Bonchev–Trinajstić information content (AvgIpc) is 2.57. The number of aromatic amines is 1. The third-order valence-electron chi connectivity index (χ3n) is 4.11. The molecule has 0 amide bonds. The summed E-state index contributed by atoms with van der Waals surface area (Å²) in [5.74, 6) is -0.501. The van der Waals surface area contributed by atoms with Crippen LogP contribution in [0, 0.1) is 0 Å². The second-order valence-corrected chi connectivity index (χ2v) is 6.47. The predicted octanol–water partition coefficient (Wildman–Crippen LogP) is 3.35. The first-order valence-electron chi connectivity index (χ1n) is 8.25. The highest BCUT2D eigenvalue weighted by molar-refractivity contribution is 9.10. The Hall–Kier alpha value is -1.66. The van der Waals surface area contributed by atoms with Crippen LogP contribution in [0.25, 0.3) is 10.9 Å². The number of likely N-dealkylation sites (N-methyl/N-ethyl adjacent to an activating group) is 1. The number of carbonyl (C=O) groups excluding carboxylic acids is 1. The third kappa shape index (κ3) is 4.24. The summed E-state index contributed by atoms with van der Waals surface area (Å²) in [6.45, 7) is 8.94. The number of aromatic nitrogens is 1. The van der Waals surface area contributed by atoms with Crippen LogP contribution in [0.15, 0.2) is 27.5 Å². The van der Waals surface area contributed by atoms with Crippen LogP contribution >= 0.6 is 15.9 Å². The molecule has 0 fully saturated rings. The van der Waals surface area contributed by atoms with Crippen molar-refractivity contribution in [2.24, 2.45) is 0 Å². The monoisotopic (exact) mass is 394 g/mol. The van der Waals surface area contributed by atoms with Crippen molar-refractivity contribution in [2.75, 3.05) is 26.2 Å². The van der Waals surface area contributed by atoms with Crippen LogP contribution in [0.5, 0.6) is 0 Å². The number of carbonyl (C=O) groups is 1. The number of hydrogen-bond acceptors (Lipinski definition) is 4. The maximum Gasteiger partial charge on any atom is 0.354 e. The van der Waals surface area contributed by atoms with Crippen molar-refractivity contribution in [1.82, 2.24) is 9.88 Å². The summed E-state index contributed by atoms with van der Waals surface area (Å²) in [7, 11) is 0. The van der Waals surface area contributed by atoms with Gasteiger partial charge in [0.15, 0.2) is 5.43 Å². The Kier molecular flexibility index (Phi) is 6.57. The van der Waals surface area contributed by atoms with Gasteiger partial charge < -0.3 is 14.6 Å². The third-order valence-corrected chi connectivity index (χ3v) is 4.57. The van der Waals surface area contributed by atoms with Crippen LogP contribution in [0.1, 0.15) is 36.8 Å². The molecule has 6 heteroatoms. The second-order valence-electron chi connectivity index (χ2n) is 5.55. The Balaban J connectivity index is 2.24. The highest BCUT2D eigenvalue weighted by Gasteiger charge is 2.14. The SMILES string of the molecule is CCc1cc(Br)cc2[nH]c(C(=O)OCCN(CC)CC)cc(=O)c12. The molecule has 24 heavy (non-hydrogen) atoms. The number of esters is 1. The zero-order chi connectivity index (χ0) is 17.7. The van der Waals surface area contributed by atoms with Crippen molar-refractivity contribution >= 4 is 32.8 Å². The summed E-state index contributed by atoms with van der Waals surface area (Å²) in [5.41, 5.74) is 1.61. The molecule has 0 aliphatic rings. The van der Waals surface area contributed by atoms with Gasteiger partial charge in [0.1, 0.15) is 12.3 Å². The number of aryl methyl sites for hydroxylation is 1. The molecule has 0 unspecified atom stereocenters. The number of nitrogens with one attached hydrogen (secondary N) is 1. The molecule has 1 aromatic carbocycles. The van der Waals surface area contributed by atoms with Gasteiger partial charge in [0.25, 0.3) is 0 Å². The van der Waals surface area contributed by atoms with Gasteiger partial charge in [-0.1, -0.05) is 36.7 Å². The molecule has 2 rings (SSSR count). The number of H-pyrrole nitrogens is 1. The van der Waals surface area contributed by atoms with Gasteiger partial charge in [0, 0.05) is 22.5 Å². The molecule has 0 spiro atoms. The smallest absolute Gasteiger partial charge is 0.354 e. The van der Waals surface area contributed by atoms with E-state index in [-0.39, 0.29) is 11.1 Å². The average molecular weight is 395 g/mol. The summed E-state index contributed by atoms with van der Waals surface area (Å²) in [4.78, 5) is 29.8. The van der Waals surface area contributed by atoms with E-state index in [0.717, 1.165) is 29.5 Å². The fraction of sp³-hybridized carbons (Fsp3) is 0.444. The van der Waals surface area contributed by atoms with E-state index in [9.17, 15) is 9.59 Å². The quantitative estimate of drug-likeness (QED) is 0.731. The van der Waals surface area contributed by atoms with E-state index in [0.29, 0.717) is 24.1 Å². The van der Waals surface area contributed by atoms with Crippen LogP contribution < -0.4 is 5.43 Å².